The Hall–Kier alpha value is -2.34. The van der Waals surface area contributed by atoms with E-state index >= 15 is 0 Å². The highest BCUT2D eigenvalue weighted by atomic mass is 16.1. The van der Waals surface area contributed by atoms with Gasteiger partial charge in [0, 0.05) is 18.2 Å². The Labute approximate surface area is 122 Å². The van der Waals surface area contributed by atoms with E-state index in [4.69, 9.17) is 5.73 Å². The molecule has 0 aliphatic heterocycles. The van der Waals surface area contributed by atoms with Crippen LogP contribution in [-0.4, -0.2) is 22.6 Å². The minimum absolute atomic E-state index is 0.0323. The molecule has 6 nitrogen and oxygen atoms in total. The summed E-state index contributed by atoms with van der Waals surface area (Å²) in [6.07, 6.45) is 1.32. The molecule has 21 heavy (non-hydrogen) atoms. The van der Waals surface area contributed by atoms with Crippen LogP contribution in [0.2, 0.25) is 0 Å². The van der Waals surface area contributed by atoms with Crippen molar-refractivity contribution in [3.05, 3.63) is 40.7 Å². The molecule has 0 saturated carbocycles. The molecule has 1 heterocycles. The van der Waals surface area contributed by atoms with Gasteiger partial charge in [-0.15, -0.1) is 0 Å². The molecule has 0 spiro atoms. The van der Waals surface area contributed by atoms with Gasteiger partial charge in [0.1, 0.15) is 0 Å². The molecule has 112 valence electrons. The molecule has 1 amide bonds. The largest absolute Gasteiger partial charge is 0.330 e. The second kappa shape index (κ2) is 6.90. The smallest absolute Gasteiger partial charge is 0.264 e. The number of aromatic amines is 2. The molecule has 0 fully saturated rings. The Morgan fingerprint density at radius 2 is 2.00 bits per heavy atom. The fraction of sp³-hybridized carbons (Fsp3) is 0.333. The number of carbonyl (C=O) groups excluding carboxylic acids is 1. The van der Waals surface area contributed by atoms with Crippen molar-refractivity contribution in [1.29, 1.82) is 0 Å². The predicted octanol–water partition coefficient (Wildman–Crippen LogP) is 1.68. The third-order valence-electron chi connectivity index (χ3n) is 3.46. The molecule has 0 aliphatic rings. The Morgan fingerprint density at radius 1 is 1.29 bits per heavy atom. The average molecular weight is 288 g/mol. The molecule has 0 saturated heterocycles. The molecule has 0 aliphatic carbocycles. The number of anilines is 1. The monoisotopic (exact) mass is 288 g/mol. The molecule has 2 rings (SSSR count). The zero-order valence-corrected chi connectivity index (χ0v) is 12.0. The number of H-pyrrole nitrogens is 2. The van der Waals surface area contributed by atoms with Gasteiger partial charge in [-0.05, 0) is 30.2 Å². The van der Waals surface area contributed by atoms with Gasteiger partial charge >= 0.3 is 0 Å². The number of rotatable bonds is 6. The molecule has 5 N–H and O–H groups in total. The number of nitrogens with one attached hydrogen (secondary N) is 3. The number of hydrogen-bond acceptors (Lipinski definition) is 3. The van der Waals surface area contributed by atoms with Crippen molar-refractivity contribution in [3.8, 4) is 11.3 Å². The van der Waals surface area contributed by atoms with Gasteiger partial charge < -0.3 is 11.1 Å². The van der Waals surface area contributed by atoms with Crippen LogP contribution in [0.15, 0.2) is 35.1 Å². The summed E-state index contributed by atoms with van der Waals surface area (Å²) in [7, 11) is 0. The van der Waals surface area contributed by atoms with Crippen LogP contribution >= 0.6 is 0 Å². The van der Waals surface area contributed by atoms with Crippen LogP contribution in [0.3, 0.4) is 0 Å². The van der Waals surface area contributed by atoms with E-state index in [0.717, 1.165) is 17.7 Å². The molecular weight excluding hydrogens is 268 g/mol. The normalized spacial score (nSPS) is 12.1. The average Bonchev–Trinajstić information content (AvgIpc) is 2.92. The van der Waals surface area contributed by atoms with Crippen LogP contribution in [-0.2, 0) is 4.79 Å². The van der Waals surface area contributed by atoms with Gasteiger partial charge in [0.15, 0.2) is 0 Å². The van der Waals surface area contributed by atoms with Crippen molar-refractivity contribution >= 4 is 11.6 Å². The Morgan fingerprint density at radius 3 is 2.52 bits per heavy atom. The number of carbonyl (C=O) groups is 1. The van der Waals surface area contributed by atoms with Crippen molar-refractivity contribution in [2.24, 2.45) is 11.7 Å². The minimum atomic E-state index is -0.172. The SMILES string of the molecule is CCC(CN)CC(=O)Nc1ccc(-c2cc(=O)[nH][nH]2)cc1. The predicted molar refractivity (Wildman–Crippen MR) is 82.9 cm³/mol. The molecule has 1 atom stereocenters. The maximum Gasteiger partial charge on any atom is 0.264 e. The van der Waals surface area contributed by atoms with Crippen LogP contribution in [0.1, 0.15) is 19.8 Å². The third-order valence-corrected chi connectivity index (χ3v) is 3.46. The number of amides is 1. The standard InChI is InChI=1S/C15H20N4O2/c1-2-10(9-16)7-14(20)17-12-5-3-11(4-6-12)13-8-15(21)19-18-13/h3-6,8,10H,2,7,9,16H2,1H3,(H,17,20)(H2,18,19,21). The van der Waals surface area contributed by atoms with E-state index in [1.807, 2.05) is 31.2 Å². The molecule has 0 bridgehead atoms. The van der Waals surface area contributed by atoms with Gasteiger partial charge in [-0.1, -0.05) is 25.5 Å². The number of aromatic nitrogens is 2. The summed E-state index contributed by atoms with van der Waals surface area (Å²) in [6.45, 7) is 2.54. The summed E-state index contributed by atoms with van der Waals surface area (Å²) < 4.78 is 0. The van der Waals surface area contributed by atoms with Crippen molar-refractivity contribution in [3.63, 3.8) is 0 Å². The molecule has 6 heteroatoms. The number of nitrogens with two attached hydrogens (primary N) is 1. The summed E-state index contributed by atoms with van der Waals surface area (Å²) in [4.78, 5) is 23.0. The summed E-state index contributed by atoms with van der Waals surface area (Å²) in [6, 6.07) is 8.79. The van der Waals surface area contributed by atoms with Gasteiger partial charge in [0.2, 0.25) is 5.91 Å². The van der Waals surface area contributed by atoms with Crippen molar-refractivity contribution in [2.75, 3.05) is 11.9 Å². The van der Waals surface area contributed by atoms with Gasteiger partial charge in [0.25, 0.3) is 5.56 Å². The van der Waals surface area contributed by atoms with Crippen molar-refractivity contribution < 1.29 is 4.79 Å². The number of benzene rings is 1. The summed E-state index contributed by atoms with van der Waals surface area (Å²) in [5.74, 6) is 0.185. The first-order chi connectivity index (χ1) is 10.1. The lowest BCUT2D eigenvalue weighted by molar-refractivity contribution is -0.117. The summed E-state index contributed by atoms with van der Waals surface area (Å²) in [5.41, 5.74) is 7.75. The summed E-state index contributed by atoms with van der Waals surface area (Å²) >= 11 is 0. The van der Waals surface area contributed by atoms with Gasteiger partial charge in [-0.25, -0.2) is 0 Å². The highest BCUT2D eigenvalue weighted by Gasteiger charge is 2.10. The quantitative estimate of drug-likeness (QED) is 0.650. The second-order valence-electron chi connectivity index (χ2n) is 5.01. The van der Waals surface area contributed by atoms with Crippen LogP contribution in [0.4, 0.5) is 5.69 Å². The van der Waals surface area contributed by atoms with E-state index in [1.54, 1.807) is 0 Å². The fourth-order valence-electron chi connectivity index (χ4n) is 2.09. The topological polar surface area (TPSA) is 104 Å². The van der Waals surface area contributed by atoms with Gasteiger partial charge in [-0.3, -0.25) is 19.8 Å². The summed E-state index contributed by atoms with van der Waals surface area (Å²) in [5, 5.41) is 8.12. The fourth-order valence-corrected chi connectivity index (χ4v) is 2.09. The Bertz CT molecular complexity index is 638. The van der Waals surface area contributed by atoms with E-state index in [-0.39, 0.29) is 17.4 Å². The van der Waals surface area contributed by atoms with E-state index < -0.39 is 0 Å². The van der Waals surface area contributed by atoms with Crippen LogP contribution in [0, 0.1) is 5.92 Å². The zero-order chi connectivity index (χ0) is 15.2. The zero-order valence-electron chi connectivity index (χ0n) is 12.0. The van der Waals surface area contributed by atoms with Crippen molar-refractivity contribution in [1.82, 2.24) is 10.2 Å². The molecule has 1 aromatic heterocycles. The number of hydrogen-bond donors (Lipinski definition) is 4. The molecule has 0 radical (unpaired) electrons. The highest BCUT2D eigenvalue weighted by molar-refractivity contribution is 5.91. The van der Waals surface area contributed by atoms with E-state index in [1.165, 1.54) is 6.07 Å². The lowest BCUT2D eigenvalue weighted by Crippen LogP contribution is -2.21. The molecule has 2 aromatic rings. The molecule has 1 unspecified atom stereocenters. The highest BCUT2D eigenvalue weighted by Crippen LogP contribution is 2.18. The van der Waals surface area contributed by atoms with Crippen LogP contribution in [0.5, 0.6) is 0 Å². The van der Waals surface area contributed by atoms with Crippen LogP contribution < -0.4 is 16.6 Å². The van der Waals surface area contributed by atoms with Gasteiger partial charge in [-0.2, -0.15) is 0 Å². The first-order valence-electron chi connectivity index (χ1n) is 7.00. The Kier molecular flexibility index (Phi) is 4.94. The lowest BCUT2D eigenvalue weighted by atomic mass is 10.0. The second-order valence-corrected chi connectivity index (χ2v) is 5.01. The maximum atomic E-state index is 11.9. The van der Waals surface area contributed by atoms with E-state index in [9.17, 15) is 9.59 Å². The lowest BCUT2D eigenvalue weighted by Gasteiger charge is -2.12. The third kappa shape index (κ3) is 4.06. The Balaban J connectivity index is 1.99. The molecular formula is C15H20N4O2. The minimum Gasteiger partial charge on any atom is -0.330 e. The van der Waals surface area contributed by atoms with Gasteiger partial charge in [0.05, 0.1) is 5.69 Å². The van der Waals surface area contributed by atoms with E-state index in [2.05, 4.69) is 15.5 Å². The first kappa shape index (κ1) is 15.1. The maximum absolute atomic E-state index is 11.9. The van der Waals surface area contributed by atoms with Crippen LogP contribution in [0.25, 0.3) is 11.3 Å². The van der Waals surface area contributed by atoms with E-state index in [0.29, 0.717) is 18.7 Å². The van der Waals surface area contributed by atoms with Crippen molar-refractivity contribution in [2.45, 2.75) is 19.8 Å². The first-order valence-corrected chi connectivity index (χ1v) is 7.00. The molecule has 1 aromatic carbocycles.